The van der Waals surface area contributed by atoms with Gasteiger partial charge in [-0.3, -0.25) is 4.52 Å². The van der Waals surface area contributed by atoms with E-state index in [-0.39, 0.29) is 0 Å². The Morgan fingerprint density at radius 2 is 1.82 bits per heavy atom. The molecule has 0 saturated carbocycles. The quantitative estimate of drug-likeness (QED) is 0.468. The van der Waals surface area contributed by atoms with Gasteiger partial charge in [-0.25, -0.2) is 9.55 Å². The predicted molar refractivity (Wildman–Crippen MR) is 99.1 cm³/mol. The average Bonchev–Trinajstić information content (AvgIpc) is 3.21. The lowest BCUT2D eigenvalue weighted by Gasteiger charge is -2.17. The maximum absolute atomic E-state index is 10.9. The van der Waals surface area contributed by atoms with E-state index in [1.807, 2.05) is 48.5 Å². The van der Waals surface area contributed by atoms with Gasteiger partial charge in [0.05, 0.1) is 24.0 Å². The van der Waals surface area contributed by atoms with Gasteiger partial charge in [-0.15, -0.1) is 0 Å². The molecule has 28 heavy (non-hydrogen) atoms. The lowest BCUT2D eigenvalue weighted by atomic mass is 10.1. The first-order chi connectivity index (χ1) is 13.3. The summed E-state index contributed by atoms with van der Waals surface area (Å²) in [5, 5.41) is 20.6. The number of hydrogen-bond acceptors (Lipinski definition) is 6. The second-order valence-electron chi connectivity index (χ2n) is 6.55. The summed E-state index contributed by atoms with van der Waals surface area (Å²) in [6.07, 6.45) is -3.26. The van der Waals surface area contributed by atoms with Crippen molar-refractivity contribution in [3.05, 3.63) is 54.9 Å². The van der Waals surface area contributed by atoms with Crippen LogP contribution in [0.4, 0.5) is 0 Å². The van der Waals surface area contributed by atoms with E-state index in [1.54, 1.807) is 4.57 Å². The van der Waals surface area contributed by atoms with Crippen molar-refractivity contribution >= 4 is 18.9 Å². The first-order valence-electron chi connectivity index (χ1n) is 8.57. The van der Waals surface area contributed by atoms with Gasteiger partial charge in [-0.05, 0) is 23.3 Å². The van der Waals surface area contributed by atoms with Gasteiger partial charge >= 0.3 is 7.82 Å². The number of hydrogen-bond donors (Lipinski definition) is 4. The second-order valence-corrected chi connectivity index (χ2v) is 7.79. The highest BCUT2D eigenvalue weighted by atomic mass is 31.2. The number of aromatic nitrogens is 2. The molecule has 2 aromatic carbocycles. The summed E-state index contributed by atoms with van der Waals surface area (Å²) in [7, 11) is -4.72. The highest BCUT2D eigenvalue weighted by Crippen LogP contribution is 2.39. The molecule has 10 heteroatoms. The van der Waals surface area contributed by atoms with E-state index in [0.29, 0.717) is 11.0 Å². The fourth-order valence-corrected chi connectivity index (χ4v) is 3.65. The Kier molecular flexibility index (Phi) is 5.07. The molecule has 4 rings (SSSR count). The van der Waals surface area contributed by atoms with Gasteiger partial charge in [0.15, 0.2) is 6.23 Å². The molecule has 2 heterocycles. The predicted octanol–water partition coefficient (Wildman–Crippen LogP) is 1.43. The summed E-state index contributed by atoms with van der Waals surface area (Å²) in [4.78, 5) is 22.0. The molecule has 1 saturated heterocycles. The van der Waals surface area contributed by atoms with Crippen LogP contribution in [0.1, 0.15) is 6.23 Å². The van der Waals surface area contributed by atoms with Crippen molar-refractivity contribution in [2.75, 3.05) is 6.61 Å². The van der Waals surface area contributed by atoms with Crippen molar-refractivity contribution < 1.29 is 33.8 Å². The third-order valence-corrected chi connectivity index (χ3v) is 5.19. The fourth-order valence-electron chi connectivity index (χ4n) is 3.31. The lowest BCUT2D eigenvalue weighted by molar-refractivity contribution is -0.0501. The van der Waals surface area contributed by atoms with Crippen LogP contribution in [0.3, 0.4) is 0 Å². The summed E-state index contributed by atoms with van der Waals surface area (Å²) >= 11 is 0. The topological polar surface area (TPSA) is 134 Å². The van der Waals surface area contributed by atoms with Crippen LogP contribution in [0.25, 0.3) is 22.2 Å². The molecule has 0 amide bonds. The minimum atomic E-state index is -4.72. The molecule has 4 atom stereocenters. The Hall–Kier alpha value is -2.10. The number of imidazole rings is 1. The Bertz CT molecular complexity index is 1020. The zero-order valence-corrected chi connectivity index (χ0v) is 15.5. The van der Waals surface area contributed by atoms with E-state index in [2.05, 4.69) is 9.51 Å². The molecule has 1 aliphatic rings. The van der Waals surface area contributed by atoms with Crippen molar-refractivity contribution in [3.63, 3.8) is 0 Å². The van der Waals surface area contributed by atoms with Gasteiger partial charge in [0.1, 0.15) is 18.3 Å². The molecule has 9 nitrogen and oxygen atoms in total. The van der Waals surface area contributed by atoms with E-state index in [9.17, 15) is 14.8 Å². The fraction of sp³-hybridized carbons (Fsp3) is 0.278. The van der Waals surface area contributed by atoms with E-state index in [1.165, 1.54) is 6.33 Å². The molecule has 148 valence electrons. The number of nitrogens with zero attached hydrogens (tertiary/aromatic N) is 2. The van der Waals surface area contributed by atoms with Gasteiger partial charge in [-0.1, -0.05) is 36.4 Å². The van der Waals surface area contributed by atoms with E-state index in [0.717, 1.165) is 11.1 Å². The molecule has 4 N–H and O–H groups in total. The number of phosphoric acid groups is 1. The van der Waals surface area contributed by atoms with Crippen LogP contribution in [0.2, 0.25) is 0 Å². The number of aliphatic hydroxyl groups is 2. The van der Waals surface area contributed by atoms with Gasteiger partial charge in [0.2, 0.25) is 0 Å². The molecular weight excluding hydrogens is 387 g/mol. The smallest absolute Gasteiger partial charge is 0.387 e. The summed E-state index contributed by atoms with van der Waals surface area (Å²) in [6, 6.07) is 15.4. The van der Waals surface area contributed by atoms with Gasteiger partial charge < -0.3 is 29.3 Å². The van der Waals surface area contributed by atoms with Gasteiger partial charge in [0, 0.05) is 0 Å². The van der Waals surface area contributed by atoms with E-state index < -0.39 is 39.0 Å². The van der Waals surface area contributed by atoms with Crippen molar-refractivity contribution in [3.8, 4) is 11.1 Å². The number of ether oxygens (including phenoxy) is 1. The Balaban J connectivity index is 1.64. The first kappa shape index (κ1) is 19.2. The Labute approximate surface area is 160 Å². The summed E-state index contributed by atoms with van der Waals surface area (Å²) in [6.45, 7) is -0.555. The molecule has 1 fully saturated rings. The molecule has 0 radical (unpaired) electrons. The normalized spacial score (nSPS) is 25.4. The minimum Gasteiger partial charge on any atom is -0.387 e. The van der Waals surface area contributed by atoms with Crippen LogP contribution in [-0.2, 0) is 13.8 Å². The Morgan fingerprint density at radius 3 is 2.54 bits per heavy atom. The molecule has 0 unspecified atom stereocenters. The van der Waals surface area contributed by atoms with Gasteiger partial charge in [0.25, 0.3) is 0 Å². The number of rotatable bonds is 5. The van der Waals surface area contributed by atoms with E-state index >= 15 is 0 Å². The maximum Gasteiger partial charge on any atom is 0.469 e. The minimum absolute atomic E-state index is 0.555. The Morgan fingerprint density at radius 1 is 1.07 bits per heavy atom. The maximum atomic E-state index is 10.9. The summed E-state index contributed by atoms with van der Waals surface area (Å²) < 4.78 is 22.5. The lowest BCUT2D eigenvalue weighted by Crippen LogP contribution is -2.33. The van der Waals surface area contributed by atoms with Crippen molar-refractivity contribution in [1.82, 2.24) is 9.55 Å². The second kappa shape index (κ2) is 7.38. The van der Waals surface area contributed by atoms with Crippen LogP contribution in [-0.4, -0.2) is 54.5 Å². The molecule has 0 aliphatic carbocycles. The SMILES string of the molecule is O=P(O)(O)OC[C@H]1O[C@@H](n2cnc3ccc(-c4ccccc4)cc32)[C@H](O)[C@@H]1O. The first-order valence-corrected chi connectivity index (χ1v) is 10.1. The average molecular weight is 406 g/mol. The number of benzene rings is 2. The van der Waals surface area contributed by atoms with Crippen LogP contribution in [0.15, 0.2) is 54.9 Å². The van der Waals surface area contributed by atoms with Crippen LogP contribution < -0.4 is 0 Å². The summed E-state index contributed by atoms with van der Waals surface area (Å²) in [5.41, 5.74) is 3.33. The number of fused-ring (bicyclic) bond motifs is 1. The molecule has 0 spiro atoms. The van der Waals surface area contributed by atoms with Crippen LogP contribution >= 0.6 is 7.82 Å². The zero-order valence-electron chi connectivity index (χ0n) is 14.6. The molecular formula is C18H19N2O7P. The van der Waals surface area contributed by atoms with Gasteiger partial charge in [-0.2, -0.15) is 0 Å². The monoisotopic (exact) mass is 406 g/mol. The largest absolute Gasteiger partial charge is 0.469 e. The molecule has 1 aliphatic heterocycles. The molecule has 3 aromatic rings. The highest BCUT2D eigenvalue weighted by Gasteiger charge is 2.44. The molecule has 1 aromatic heterocycles. The van der Waals surface area contributed by atoms with Crippen LogP contribution in [0, 0.1) is 0 Å². The van der Waals surface area contributed by atoms with Crippen molar-refractivity contribution in [1.29, 1.82) is 0 Å². The highest BCUT2D eigenvalue weighted by molar-refractivity contribution is 7.46. The number of phosphoric ester groups is 1. The van der Waals surface area contributed by atoms with E-state index in [4.69, 9.17) is 14.5 Å². The standard InChI is InChI=1S/C18H19N2O7P/c21-16-15(9-26-28(23,24)25)27-18(17(16)22)20-10-19-13-7-6-12(8-14(13)20)11-4-2-1-3-5-11/h1-8,10,15-18,21-22H,9H2,(H2,23,24,25)/t15-,16-,17-,18-/m1/s1. The third-order valence-electron chi connectivity index (χ3n) is 4.70. The molecule has 0 bridgehead atoms. The number of aliphatic hydroxyl groups excluding tert-OH is 2. The zero-order chi connectivity index (χ0) is 19.9. The van der Waals surface area contributed by atoms with Crippen LogP contribution in [0.5, 0.6) is 0 Å². The third kappa shape index (κ3) is 3.74. The summed E-state index contributed by atoms with van der Waals surface area (Å²) in [5.74, 6) is 0. The van der Waals surface area contributed by atoms with Crippen molar-refractivity contribution in [2.45, 2.75) is 24.5 Å². The van der Waals surface area contributed by atoms with Crippen molar-refractivity contribution in [2.24, 2.45) is 0 Å².